The van der Waals surface area contributed by atoms with Crippen LogP contribution in [-0.2, 0) is 9.53 Å². The van der Waals surface area contributed by atoms with Crippen molar-refractivity contribution >= 4 is 6.29 Å². The normalized spacial score (nSPS) is 31.7. The predicted octanol–water partition coefficient (Wildman–Crippen LogP) is 1.78. The maximum Gasteiger partial charge on any atom is 0.123 e. The molecule has 0 aromatic carbocycles. The van der Waals surface area contributed by atoms with E-state index in [4.69, 9.17) is 4.74 Å². The Kier molecular flexibility index (Phi) is 3.57. The molecule has 0 spiro atoms. The van der Waals surface area contributed by atoms with Crippen molar-refractivity contribution in [1.29, 1.82) is 0 Å². The monoisotopic (exact) mass is 156 g/mol. The lowest BCUT2D eigenvalue weighted by atomic mass is 9.95. The van der Waals surface area contributed by atoms with Crippen LogP contribution in [0.25, 0.3) is 0 Å². The third kappa shape index (κ3) is 2.62. The van der Waals surface area contributed by atoms with Gasteiger partial charge in [0.15, 0.2) is 0 Å². The quantitative estimate of drug-likeness (QED) is 0.582. The second-order valence-electron chi connectivity index (χ2n) is 3.20. The van der Waals surface area contributed by atoms with Crippen molar-refractivity contribution in [2.45, 2.75) is 38.7 Å². The minimum absolute atomic E-state index is 0.264. The van der Waals surface area contributed by atoms with Crippen molar-refractivity contribution in [3.63, 3.8) is 0 Å². The Morgan fingerprint density at radius 3 is 3.09 bits per heavy atom. The van der Waals surface area contributed by atoms with E-state index in [1.54, 1.807) is 0 Å². The van der Waals surface area contributed by atoms with Crippen LogP contribution in [0.1, 0.15) is 32.6 Å². The molecule has 0 aromatic heterocycles. The van der Waals surface area contributed by atoms with Crippen molar-refractivity contribution in [2.75, 3.05) is 6.61 Å². The molecule has 0 aliphatic carbocycles. The van der Waals surface area contributed by atoms with Gasteiger partial charge in [-0.2, -0.15) is 0 Å². The molecule has 2 nitrogen and oxygen atoms in total. The molecular weight excluding hydrogens is 140 g/mol. The molecule has 0 unspecified atom stereocenters. The summed E-state index contributed by atoms with van der Waals surface area (Å²) in [5.74, 6) is 0.264. The van der Waals surface area contributed by atoms with Gasteiger partial charge in [-0.3, -0.25) is 0 Å². The average molecular weight is 156 g/mol. The zero-order chi connectivity index (χ0) is 8.10. The largest absolute Gasteiger partial charge is 0.378 e. The number of aldehydes is 1. The maximum absolute atomic E-state index is 10.5. The molecule has 0 bridgehead atoms. The van der Waals surface area contributed by atoms with Gasteiger partial charge in [0.25, 0.3) is 0 Å². The van der Waals surface area contributed by atoms with Gasteiger partial charge >= 0.3 is 0 Å². The van der Waals surface area contributed by atoms with E-state index in [0.717, 1.165) is 38.6 Å². The number of ether oxygens (including phenoxy) is 1. The van der Waals surface area contributed by atoms with Crippen LogP contribution in [0.2, 0.25) is 0 Å². The Hall–Kier alpha value is -0.370. The first-order valence-corrected chi connectivity index (χ1v) is 4.43. The van der Waals surface area contributed by atoms with Crippen LogP contribution in [0.15, 0.2) is 0 Å². The highest BCUT2D eigenvalue weighted by Crippen LogP contribution is 2.21. The van der Waals surface area contributed by atoms with Gasteiger partial charge in [0.2, 0.25) is 0 Å². The van der Waals surface area contributed by atoms with Crippen LogP contribution in [-0.4, -0.2) is 19.0 Å². The number of rotatable bonds is 3. The number of hydrogen-bond donors (Lipinski definition) is 0. The van der Waals surface area contributed by atoms with E-state index in [2.05, 4.69) is 6.92 Å². The SMILES string of the molecule is CCC[C@@H]1C[C@@H](C=O)CCO1. The summed E-state index contributed by atoms with van der Waals surface area (Å²) in [5.41, 5.74) is 0. The van der Waals surface area contributed by atoms with Crippen molar-refractivity contribution in [3.8, 4) is 0 Å². The summed E-state index contributed by atoms with van der Waals surface area (Å²) < 4.78 is 5.49. The topological polar surface area (TPSA) is 26.3 Å². The molecule has 0 radical (unpaired) electrons. The van der Waals surface area contributed by atoms with E-state index in [0.29, 0.717) is 6.10 Å². The molecule has 0 N–H and O–H groups in total. The van der Waals surface area contributed by atoms with Crippen molar-refractivity contribution in [2.24, 2.45) is 5.92 Å². The van der Waals surface area contributed by atoms with Crippen LogP contribution in [0.4, 0.5) is 0 Å². The smallest absolute Gasteiger partial charge is 0.123 e. The summed E-state index contributed by atoms with van der Waals surface area (Å²) in [6, 6.07) is 0. The molecule has 1 fully saturated rings. The van der Waals surface area contributed by atoms with Crippen LogP contribution in [0, 0.1) is 5.92 Å². The molecule has 2 heteroatoms. The highest BCUT2D eigenvalue weighted by Gasteiger charge is 2.20. The summed E-state index contributed by atoms with van der Waals surface area (Å²) in [6.07, 6.45) is 5.54. The Morgan fingerprint density at radius 2 is 2.45 bits per heavy atom. The van der Waals surface area contributed by atoms with E-state index in [9.17, 15) is 4.79 Å². The number of carbonyl (C=O) groups excluding carboxylic acids is 1. The first-order chi connectivity index (χ1) is 5.36. The molecular formula is C9H16O2. The van der Waals surface area contributed by atoms with Crippen molar-refractivity contribution in [1.82, 2.24) is 0 Å². The lowest BCUT2D eigenvalue weighted by molar-refractivity contribution is -0.116. The Bertz CT molecular complexity index is 121. The highest BCUT2D eigenvalue weighted by atomic mass is 16.5. The Balaban J connectivity index is 2.27. The minimum atomic E-state index is 0.264. The van der Waals surface area contributed by atoms with Gasteiger partial charge in [0.1, 0.15) is 6.29 Å². The Morgan fingerprint density at radius 1 is 1.64 bits per heavy atom. The van der Waals surface area contributed by atoms with Crippen LogP contribution < -0.4 is 0 Å². The molecule has 0 amide bonds. The van der Waals surface area contributed by atoms with Gasteiger partial charge in [-0.25, -0.2) is 0 Å². The standard InChI is InChI=1S/C9H16O2/c1-2-3-9-6-8(7-10)4-5-11-9/h7-9H,2-6H2,1H3/t8-,9+/m0/s1. The van der Waals surface area contributed by atoms with Gasteiger partial charge in [0.05, 0.1) is 6.10 Å². The Labute approximate surface area is 67.9 Å². The molecule has 2 atom stereocenters. The molecule has 1 aliphatic heterocycles. The lowest BCUT2D eigenvalue weighted by Gasteiger charge is -2.25. The predicted molar refractivity (Wildman–Crippen MR) is 43.4 cm³/mol. The minimum Gasteiger partial charge on any atom is -0.378 e. The van der Waals surface area contributed by atoms with E-state index in [1.165, 1.54) is 0 Å². The average Bonchev–Trinajstić information content (AvgIpc) is 2.06. The summed E-state index contributed by atoms with van der Waals surface area (Å²) in [7, 11) is 0. The van der Waals surface area contributed by atoms with Crippen molar-refractivity contribution < 1.29 is 9.53 Å². The fraction of sp³-hybridized carbons (Fsp3) is 0.889. The van der Waals surface area contributed by atoms with E-state index in [1.807, 2.05) is 0 Å². The second-order valence-corrected chi connectivity index (χ2v) is 3.20. The number of carbonyl (C=O) groups is 1. The first kappa shape index (κ1) is 8.72. The summed E-state index contributed by atoms with van der Waals surface area (Å²) in [5, 5.41) is 0. The van der Waals surface area contributed by atoms with Gasteiger partial charge < -0.3 is 9.53 Å². The molecule has 64 valence electrons. The lowest BCUT2D eigenvalue weighted by Crippen LogP contribution is -2.26. The third-order valence-corrected chi connectivity index (χ3v) is 2.21. The third-order valence-electron chi connectivity index (χ3n) is 2.21. The number of hydrogen-bond acceptors (Lipinski definition) is 2. The van der Waals surface area contributed by atoms with Gasteiger partial charge in [0, 0.05) is 12.5 Å². The zero-order valence-corrected chi connectivity index (χ0v) is 7.08. The molecule has 1 rings (SSSR count). The molecule has 0 saturated carbocycles. The fourth-order valence-electron chi connectivity index (χ4n) is 1.56. The van der Waals surface area contributed by atoms with Gasteiger partial charge in [-0.15, -0.1) is 0 Å². The van der Waals surface area contributed by atoms with Gasteiger partial charge in [-0.1, -0.05) is 13.3 Å². The second kappa shape index (κ2) is 4.50. The first-order valence-electron chi connectivity index (χ1n) is 4.43. The summed E-state index contributed by atoms with van der Waals surface area (Å²) >= 11 is 0. The van der Waals surface area contributed by atoms with Crippen LogP contribution >= 0.6 is 0 Å². The molecule has 1 saturated heterocycles. The molecule has 1 aliphatic rings. The molecule has 0 aromatic rings. The van der Waals surface area contributed by atoms with Crippen LogP contribution in [0.5, 0.6) is 0 Å². The van der Waals surface area contributed by atoms with E-state index in [-0.39, 0.29) is 5.92 Å². The van der Waals surface area contributed by atoms with Crippen LogP contribution in [0.3, 0.4) is 0 Å². The fourth-order valence-corrected chi connectivity index (χ4v) is 1.56. The molecule has 11 heavy (non-hydrogen) atoms. The van der Waals surface area contributed by atoms with Crippen molar-refractivity contribution in [3.05, 3.63) is 0 Å². The van der Waals surface area contributed by atoms with Gasteiger partial charge in [-0.05, 0) is 19.3 Å². The highest BCUT2D eigenvalue weighted by molar-refractivity contribution is 5.53. The summed E-state index contributed by atoms with van der Waals surface area (Å²) in [4.78, 5) is 10.5. The zero-order valence-electron chi connectivity index (χ0n) is 7.08. The summed E-state index contributed by atoms with van der Waals surface area (Å²) in [6.45, 7) is 2.92. The van der Waals surface area contributed by atoms with E-state index >= 15 is 0 Å². The molecule has 1 heterocycles. The maximum atomic E-state index is 10.5. The van der Waals surface area contributed by atoms with E-state index < -0.39 is 0 Å².